The molecule has 2 aliphatic heterocycles. The lowest BCUT2D eigenvalue weighted by molar-refractivity contribution is -0.277. The lowest BCUT2D eigenvalue weighted by Gasteiger charge is -2.41. The van der Waals surface area contributed by atoms with Gasteiger partial charge in [0.2, 0.25) is 35.8 Å². The van der Waals surface area contributed by atoms with E-state index in [0.717, 1.165) is 10.5 Å². The zero-order chi connectivity index (χ0) is 71.5. The number of azide groups is 1. The summed E-state index contributed by atoms with van der Waals surface area (Å²) in [6, 6.07) is 8.92. The van der Waals surface area contributed by atoms with Crippen molar-refractivity contribution >= 4 is 52.6 Å². The van der Waals surface area contributed by atoms with E-state index in [0.29, 0.717) is 82.0 Å². The number of carboxylic acids is 1. The molecule has 30 nitrogen and oxygen atoms in total. The van der Waals surface area contributed by atoms with Crippen LogP contribution in [0.5, 0.6) is 5.75 Å². The monoisotopic (exact) mass is 1370 g/mol. The molecule has 2 aliphatic rings. The van der Waals surface area contributed by atoms with Gasteiger partial charge in [0.25, 0.3) is 0 Å². The van der Waals surface area contributed by atoms with Crippen LogP contribution in [-0.2, 0) is 81.4 Å². The molecule has 0 spiro atoms. The maximum atomic E-state index is 14.9. The van der Waals surface area contributed by atoms with Crippen LogP contribution in [0.4, 0.5) is 4.79 Å². The molecule has 0 saturated carbocycles. The molecule has 0 aliphatic carbocycles. The van der Waals surface area contributed by atoms with Crippen LogP contribution in [0.3, 0.4) is 0 Å². The van der Waals surface area contributed by atoms with Crippen LogP contribution in [0.15, 0.2) is 58.1 Å². The highest BCUT2D eigenvalue weighted by atomic mass is 16.7. The number of aliphatic hydroxyl groups is 4. The number of aliphatic hydroxyl groups excluding tert-OH is 4. The van der Waals surface area contributed by atoms with Crippen LogP contribution in [0.1, 0.15) is 104 Å². The van der Waals surface area contributed by atoms with Crippen LogP contribution in [0, 0.1) is 23.7 Å². The van der Waals surface area contributed by atoms with E-state index < -0.39 is 134 Å². The van der Waals surface area contributed by atoms with Gasteiger partial charge in [-0.15, -0.1) is 0 Å². The van der Waals surface area contributed by atoms with E-state index in [4.69, 9.17) is 47.8 Å². The van der Waals surface area contributed by atoms with Gasteiger partial charge in [0, 0.05) is 77.7 Å². The molecule has 0 bridgehead atoms. The zero-order valence-corrected chi connectivity index (χ0v) is 57.7. The number of hydrogen-bond acceptors (Lipinski definition) is 21. The Hall–Kier alpha value is -7.22. The number of likely N-dealkylation sites (N-methyl/N-ethyl adjacent to an activating group) is 2. The van der Waals surface area contributed by atoms with Crippen molar-refractivity contribution in [3.05, 3.63) is 75.9 Å². The fraction of sp³-hybridized carbons (Fsp3) is 0.687. The average molecular weight is 1370 g/mol. The number of fused-ring (bicyclic) bond motifs is 1. The molecule has 1 aromatic heterocycles. The first-order valence-electron chi connectivity index (χ1n) is 33.2. The fourth-order valence-corrected chi connectivity index (χ4v) is 12.2. The molecule has 0 radical (unpaired) electrons. The average Bonchev–Trinajstić information content (AvgIpc) is 1.72. The highest BCUT2D eigenvalue weighted by molar-refractivity contribution is 5.92. The van der Waals surface area contributed by atoms with Crippen LogP contribution in [0.2, 0.25) is 0 Å². The first-order valence-corrected chi connectivity index (χ1v) is 33.2. The van der Waals surface area contributed by atoms with E-state index in [1.54, 1.807) is 76.9 Å². The first-order chi connectivity index (χ1) is 46.3. The number of nitrogens with one attached hydrogen (secondary N) is 3. The number of aryl methyl sites for hydroxylation is 1. The van der Waals surface area contributed by atoms with Gasteiger partial charge in [-0.05, 0) is 66.3 Å². The fourth-order valence-electron chi connectivity index (χ4n) is 12.2. The number of ether oxygens (including phenoxy) is 8. The summed E-state index contributed by atoms with van der Waals surface area (Å²) >= 11 is 0. The number of benzene rings is 2. The normalized spacial score (nSPS) is 20.4. The van der Waals surface area contributed by atoms with Gasteiger partial charge < -0.3 is 93.6 Å². The number of rotatable bonds is 42. The molecule has 3 heterocycles. The summed E-state index contributed by atoms with van der Waals surface area (Å²) < 4.78 is 52.1. The Morgan fingerprint density at radius 3 is 2.13 bits per heavy atom. The number of amides is 6. The maximum absolute atomic E-state index is 14.9. The first kappa shape index (κ1) is 80.5. The van der Waals surface area contributed by atoms with Gasteiger partial charge in [-0.1, -0.05) is 90.3 Å². The highest BCUT2D eigenvalue weighted by Crippen LogP contribution is 2.36. The lowest BCUT2D eigenvalue weighted by atomic mass is 9.89. The van der Waals surface area contributed by atoms with E-state index in [9.17, 15) is 59.1 Å². The minimum atomic E-state index is -1.74. The van der Waals surface area contributed by atoms with Gasteiger partial charge in [0.05, 0.1) is 88.3 Å². The SMILES string of the molecule is CCC(C)[C@@H]([C@@H](CC(=O)N1CCC[C@H]1[C@H](OC)[C@@H](C)C(=O)NC(Cc1ccccc1)C(=O)O)OC)N(C)C(=O)[C@@H](NC(=O)[C@H](C(C)C)N(C)C(=O)OCc1ccc(O[C@@H]2O[C@H](CO)[C@H](O)[C@H](O)[C@H]2O)c2cc(CCCC(=O)NCCOCCOCCOCCN=[N+]=[N-])oc12)C(C)C. The Kier molecular flexibility index (Phi) is 33.7. The molecular formula is C67H103N9O21. The van der Waals surface area contributed by atoms with Gasteiger partial charge in [0.15, 0.2) is 0 Å². The third kappa shape index (κ3) is 23.2. The zero-order valence-electron chi connectivity index (χ0n) is 57.7. The molecule has 3 aromatic rings. The van der Waals surface area contributed by atoms with Gasteiger partial charge >= 0.3 is 12.1 Å². The lowest BCUT2D eigenvalue weighted by Crippen LogP contribution is -2.60. The Bertz CT molecular complexity index is 3020. The third-order valence-corrected chi connectivity index (χ3v) is 17.7. The smallest absolute Gasteiger partial charge is 0.410 e. The molecule has 5 rings (SSSR count). The van der Waals surface area contributed by atoms with Crippen LogP contribution >= 0.6 is 0 Å². The summed E-state index contributed by atoms with van der Waals surface area (Å²) in [6.45, 7) is 14.2. The van der Waals surface area contributed by atoms with Crippen LogP contribution < -0.4 is 20.7 Å². The van der Waals surface area contributed by atoms with Gasteiger partial charge in [-0.25, -0.2) is 9.59 Å². The Morgan fingerprint density at radius 2 is 1.52 bits per heavy atom. The molecular weight excluding hydrogens is 1270 g/mol. The summed E-state index contributed by atoms with van der Waals surface area (Å²) in [6.07, 6.45) is -8.11. The van der Waals surface area contributed by atoms with Crippen molar-refractivity contribution in [3.63, 3.8) is 0 Å². The molecule has 2 unspecified atom stereocenters. The molecule has 30 heteroatoms. The second-order valence-electron chi connectivity index (χ2n) is 25.3. The van der Waals surface area contributed by atoms with Crippen molar-refractivity contribution < 1.29 is 101 Å². The van der Waals surface area contributed by atoms with Gasteiger partial charge in [-0.3, -0.25) is 28.9 Å². The predicted molar refractivity (Wildman–Crippen MR) is 352 cm³/mol. The number of carbonyl (C=O) groups is 7. The van der Waals surface area contributed by atoms with Crippen molar-refractivity contribution in [2.24, 2.45) is 28.8 Å². The Balaban J connectivity index is 1.24. The van der Waals surface area contributed by atoms with E-state index >= 15 is 0 Å². The molecule has 542 valence electrons. The minimum Gasteiger partial charge on any atom is -0.480 e. The largest absolute Gasteiger partial charge is 0.480 e. The number of furan rings is 1. The van der Waals surface area contributed by atoms with E-state index in [-0.39, 0.29) is 74.4 Å². The summed E-state index contributed by atoms with van der Waals surface area (Å²) in [4.78, 5) is 104. The van der Waals surface area contributed by atoms with Crippen molar-refractivity contribution in [3.8, 4) is 5.75 Å². The predicted octanol–water partition coefficient (Wildman–Crippen LogP) is 3.88. The van der Waals surface area contributed by atoms with E-state index in [1.165, 1.54) is 38.3 Å². The Morgan fingerprint density at radius 1 is 0.835 bits per heavy atom. The minimum absolute atomic E-state index is 0.0698. The number of nitrogens with zero attached hydrogens (tertiary/aromatic N) is 6. The molecule has 97 heavy (non-hydrogen) atoms. The van der Waals surface area contributed by atoms with E-state index in [1.807, 2.05) is 19.9 Å². The molecule has 8 N–H and O–H groups in total. The summed E-state index contributed by atoms with van der Waals surface area (Å²) in [5.74, 6) is -4.93. The maximum Gasteiger partial charge on any atom is 0.410 e. The quantitative estimate of drug-likeness (QED) is 0.0173. The highest BCUT2D eigenvalue weighted by Gasteiger charge is 2.46. The number of carboxylic acid groups (broad SMARTS) is 1. The molecule has 6 amide bonds. The van der Waals surface area contributed by atoms with Crippen molar-refractivity contribution in [1.82, 2.24) is 30.7 Å². The molecule has 2 aromatic carbocycles. The Labute approximate surface area is 566 Å². The second kappa shape index (κ2) is 40.6. The molecule has 2 fully saturated rings. The van der Waals surface area contributed by atoms with Crippen molar-refractivity contribution in [1.29, 1.82) is 0 Å². The standard InChI is InChI=1S/C67H103N9O21/c1-12-41(6)56(50(89-10)36-53(79)76-27-17-21-48(76)60(90-11)42(7)62(83)71-47(65(86)87)34-43-18-14-13-15-19-43)74(8)64(85)54(39(2)3)72-63(84)55(40(4)5)75(9)67(88)94-38-44-23-24-49(96-66-59(82)58(81)57(80)51(37-77)97-66)46-35-45(95-61(44)46)20-16-22-52(78)69-25-28-91-30-32-93-33-31-92-29-26-70-73-68/h13-15,18-19,23-24,35,39-42,47-48,50-51,54-60,66,77,80-82H,12,16-17,20-22,25-34,36-38H2,1-11H3,(H,69,78)(H,71,83)(H,72,84)(H,86,87)/t41?,42-,47?,48+,50-,51-,54+,55+,56+,57+,58+,59-,60-,66-/m1/s1. The number of aliphatic carboxylic acids is 1. The summed E-state index contributed by atoms with van der Waals surface area (Å²) in [7, 11) is 5.92. The number of carbonyl (C=O) groups excluding carboxylic acids is 6. The number of methoxy groups -OCH3 is 2. The van der Waals surface area contributed by atoms with Crippen molar-refractivity contribution in [2.75, 3.05) is 94.2 Å². The molecule has 2 saturated heterocycles. The molecule has 14 atom stereocenters. The number of hydrogen-bond donors (Lipinski definition) is 8. The second-order valence-corrected chi connectivity index (χ2v) is 25.3. The topological polar surface area (TPSA) is 402 Å². The van der Waals surface area contributed by atoms with E-state index in [2.05, 4.69) is 26.0 Å². The van der Waals surface area contributed by atoms with Gasteiger partial charge in [-0.2, -0.15) is 0 Å². The third-order valence-electron chi connectivity index (χ3n) is 17.7. The summed E-state index contributed by atoms with van der Waals surface area (Å²) in [5, 5.41) is 63.8. The van der Waals surface area contributed by atoms with Crippen LogP contribution in [0.25, 0.3) is 21.4 Å². The van der Waals surface area contributed by atoms with Crippen LogP contribution in [-0.4, -0.2) is 249 Å². The summed E-state index contributed by atoms with van der Waals surface area (Å²) in [5.41, 5.74) is 9.58. The van der Waals surface area contributed by atoms with Crippen molar-refractivity contribution in [2.45, 2.75) is 180 Å². The number of likely N-dealkylation sites (tertiary alicyclic amines) is 1. The van der Waals surface area contributed by atoms with Gasteiger partial charge in [0.1, 0.15) is 66.2 Å².